The summed E-state index contributed by atoms with van der Waals surface area (Å²) >= 11 is 1.80. The van der Waals surface area contributed by atoms with Gasteiger partial charge in [-0.1, -0.05) is 19.1 Å². The smallest absolute Gasteiger partial charge is 0.0294 e. The topological polar surface area (TPSA) is 24.1 Å². The highest BCUT2D eigenvalue weighted by atomic mass is 32.2. The predicted octanol–water partition coefficient (Wildman–Crippen LogP) is 3.06. The van der Waals surface area contributed by atoms with E-state index in [4.69, 9.17) is 0 Å². The van der Waals surface area contributed by atoms with Crippen molar-refractivity contribution >= 4 is 11.8 Å². The quantitative estimate of drug-likeness (QED) is 0.817. The van der Waals surface area contributed by atoms with E-state index in [1.165, 1.54) is 16.9 Å². The van der Waals surface area contributed by atoms with Gasteiger partial charge in [-0.25, -0.2) is 0 Å². The second kappa shape index (κ2) is 6.60. The molecule has 0 saturated carbocycles. The predicted molar refractivity (Wildman–Crippen MR) is 80.2 cm³/mol. The lowest BCUT2D eigenvalue weighted by molar-refractivity contribution is 0.278. The molecule has 3 atom stereocenters. The van der Waals surface area contributed by atoms with Gasteiger partial charge in [0.25, 0.3) is 0 Å². The van der Waals surface area contributed by atoms with Crippen LogP contribution in [0, 0.1) is 5.92 Å². The van der Waals surface area contributed by atoms with Crippen LogP contribution in [0.4, 0.5) is 0 Å². The number of rotatable bonds is 4. The summed E-state index contributed by atoms with van der Waals surface area (Å²) in [7, 11) is 0. The summed E-state index contributed by atoms with van der Waals surface area (Å²) in [4.78, 5) is 1.33. The zero-order chi connectivity index (χ0) is 13.0. The third-order valence-electron chi connectivity index (χ3n) is 3.87. The molecule has 3 unspecified atom stereocenters. The van der Waals surface area contributed by atoms with E-state index in [9.17, 15) is 0 Å². The van der Waals surface area contributed by atoms with Crippen molar-refractivity contribution in [2.24, 2.45) is 5.92 Å². The Kier molecular flexibility index (Phi) is 5.10. The molecule has 1 aromatic carbocycles. The molecule has 1 heterocycles. The molecule has 3 heteroatoms. The van der Waals surface area contributed by atoms with Gasteiger partial charge in [0, 0.05) is 17.0 Å². The Morgan fingerprint density at radius 3 is 2.67 bits per heavy atom. The molecule has 0 amide bonds. The van der Waals surface area contributed by atoms with E-state index in [2.05, 4.69) is 55.0 Å². The Labute approximate surface area is 115 Å². The fourth-order valence-corrected chi connectivity index (χ4v) is 2.98. The number of hydrogen-bond donors (Lipinski definition) is 2. The Hall–Kier alpha value is -0.510. The van der Waals surface area contributed by atoms with Gasteiger partial charge in [-0.3, -0.25) is 0 Å². The van der Waals surface area contributed by atoms with Crippen LogP contribution in [0.25, 0.3) is 0 Å². The summed E-state index contributed by atoms with van der Waals surface area (Å²) in [6, 6.07) is 9.99. The van der Waals surface area contributed by atoms with Crippen LogP contribution in [-0.2, 0) is 0 Å². The first-order valence-corrected chi connectivity index (χ1v) is 8.04. The Morgan fingerprint density at radius 2 is 2.06 bits per heavy atom. The molecule has 2 nitrogen and oxygen atoms in total. The highest BCUT2D eigenvalue weighted by Crippen LogP contribution is 2.21. The maximum Gasteiger partial charge on any atom is 0.0294 e. The van der Waals surface area contributed by atoms with E-state index in [1.54, 1.807) is 11.8 Å². The molecule has 0 radical (unpaired) electrons. The third-order valence-corrected chi connectivity index (χ3v) is 4.61. The Bertz CT molecular complexity index is 363. The van der Waals surface area contributed by atoms with Gasteiger partial charge in [0.1, 0.15) is 0 Å². The average molecular weight is 264 g/mol. The van der Waals surface area contributed by atoms with E-state index in [1.807, 2.05) is 0 Å². The molecule has 1 aliphatic heterocycles. The molecule has 1 fully saturated rings. The minimum Gasteiger partial charge on any atom is -0.316 e. The zero-order valence-electron chi connectivity index (χ0n) is 11.6. The van der Waals surface area contributed by atoms with Crippen molar-refractivity contribution in [2.75, 3.05) is 19.3 Å². The minimum atomic E-state index is 0.437. The van der Waals surface area contributed by atoms with Crippen molar-refractivity contribution in [2.45, 2.75) is 37.2 Å². The largest absolute Gasteiger partial charge is 0.316 e. The molecular formula is C15H24N2S. The fraction of sp³-hybridized carbons (Fsp3) is 0.600. The van der Waals surface area contributed by atoms with E-state index >= 15 is 0 Å². The van der Waals surface area contributed by atoms with Gasteiger partial charge in [-0.2, -0.15) is 0 Å². The fourth-order valence-electron chi connectivity index (χ4n) is 2.57. The summed E-state index contributed by atoms with van der Waals surface area (Å²) in [6.45, 7) is 6.87. The number of hydrogen-bond acceptors (Lipinski definition) is 3. The van der Waals surface area contributed by atoms with Crippen molar-refractivity contribution in [3.63, 3.8) is 0 Å². The van der Waals surface area contributed by atoms with Gasteiger partial charge in [-0.05, 0) is 56.3 Å². The van der Waals surface area contributed by atoms with Gasteiger partial charge in [-0.15, -0.1) is 11.8 Å². The average Bonchev–Trinajstić information content (AvgIpc) is 2.41. The van der Waals surface area contributed by atoms with E-state index < -0.39 is 0 Å². The summed E-state index contributed by atoms with van der Waals surface area (Å²) in [5, 5.41) is 7.23. The molecule has 2 rings (SSSR count). The van der Waals surface area contributed by atoms with Crippen molar-refractivity contribution in [1.82, 2.24) is 10.6 Å². The van der Waals surface area contributed by atoms with Gasteiger partial charge >= 0.3 is 0 Å². The number of thioether (sulfide) groups is 1. The summed E-state index contributed by atoms with van der Waals surface area (Å²) < 4.78 is 0. The first-order valence-electron chi connectivity index (χ1n) is 6.81. The monoisotopic (exact) mass is 264 g/mol. The van der Waals surface area contributed by atoms with Crippen LogP contribution in [0.5, 0.6) is 0 Å². The van der Waals surface area contributed by atoms with Crippen LogP contribution in [-0.4, -0.2) is 25.4 Å². The van der Waals surface area contributed by atoms with Crippen LogP contribution >= 0.6 is 11.8 Å². The summed E-state index contributed by atoms with van der Waals surface area (Å²) in [5.41, 5.74) is 1.39. The highest BCUT2D eigenvalue weighted by Gasteiger charge is 2.22. The van der Waals surface area contributed by atoms with Crippen molar-refractivity contribution in [3.8, 4) is 0 Å². The van der Waals surface area contributed by atoms with E-state index in [0.717, 1.165) is 13.1 Å². The maximum atomic E-state index is 3.78. The number of nitrogens with one attached hydrogen (secondary N) is 2. The second-order valence-electron chi connectivity index (χ2n) is 5.24. The van der Waals surface area contributed by atoms with Crippen LogP contribution < -0.4 is 10.6 Å². The maximum absolute atomic E-state index is 3.78. The van der Waals surface area contributed by atoms with Crippen LogP contribution in [0.15, 0.2) is 29.2 Å². The molecule has 0 aromatic heterocycles. The first kappa shape index (κ1) is 13.9. The Balaban J connectivity index is 1.95. The van der Waals surface area contributed by atoms with Gasteiger partial charge in [0.2, 0.25) is 0 Å². The van der Waals surface area contributed by atoms with Crippen molar-refractivity contribution in [1.29, 1.82) is 0 Å². The lowest BCUT2D eigenvalue weighted by Crippen LogP contribution is -2.47. The Morgan fingerprint density at radius 1 is 1.33 bits per heavy atom. The van der Waals surface area contributed by atoms with Crippen LogP contribution in [0.2, 0.25) is 0 Å². The molecule has 2 N–H and O–H groups in total. The van der Waals surface area contributed by atoms with Crippen molar-refractivity contribution in [3.05, 3.63) is 29.8 Å². The normalized spacial score (nSPS) is 25.9. The van der Waals surface area contributed by atoms with E-state index in [0.29, 0.717) is 18.0 Å². The summed E-state index contributed by atoms with van der Waals surface area (Å²) in [6.07, 6.45) is 3.35. The molecule has 1 aromatic rings. The summed E-state index contributed by atoms with van der Waals surface area (Å²) in [5.74, 6) is 0.715. The lowest BCUT2D eigenvalue weighted by Gasteiger charge is -2.33. The van der Waals surface area contributed by atoms with Gasteiger partial charge in [0.15, 0.2) is 0 Å². The van der Waals surface area contributed by atoms with E-state index in [-0.39, 0.29) is 0 Å². The lowest BCUT2D eigenvalue weighted by atomic mass is 9.94. The molecular weight excluding hydrogens is 240 g/mol. The molecule has 1 aliphatic rings. The van der Waals surface area contributed by atoms with Crippen LogP contribution in [0.3, 0.4) is 0 Å². The van der Waals surface area contributed by atoms with Gasteiger partial charge in [0.05, 0.1) is 0 Å². The van der Waals surface area contributed by atoms with Crippen molar-refractivity contribution < 1.29 is 0 Å². The first-order chi connectivity index (χ1) is 8.70. The van der Waals surface area contributed by atoms with Gasteiger partial charge < -0.3 is 10.6 Å². The van der Waals surface area contributed by atoms with Crippen LogP contribution in [0.1, 0.15) is 31.9 Å². The molecule has 0 spiro atoms. The number of benzene rings is 1. The molecule has 0 bridgehead atoms. The SMILES string of the molecule is CSc1ccc(C(C)NC2CCNCC2C)cc1. The highest BCUT2D eigenvalue weighted by molar-refractivity contribution is 7.98. The zero-order valence-corrected chi connectivity index (χ0v) is 12.4. The second-order valence-corrected chi connectivity index (χ2v) is 6.12. The molecule has 100 valence electrons. The number of piperidine rings is 1. The third kappa shape index (κ3) is 3.50. The molecule has 18 heavy (non-hydrogen) atoms. The molecule has 0 aliphatic carbocycles. The minimum absolute atomic E-state index is 0.437. The standard InChI is InChI=1S/C15H24N2S/c1-11-10-16-9-8-15(11)17-12(2)13-4-6-14(18-3)7-5-13/h4-7,11-12,15-17H,8-10H2,1-3H3. The molecule has 1 saturated heterocycles.